The molecule has 0 saturated carbocycles. The minimum Gasteiger partial charge on any atom is -0.336 e. The Morgan fingerprint density at radius 1 is 1.10 bits per heavy atom. The quantitative estimate of drug-likeness (QED) is 0.682. The number of rotatable bonds is 4. The van der Waals surface area contributed by atoms with Crippen molar-refractivity contribution in [2.45, 2.75) is 40.3 Å². The molecule has 0 aliphatic carbocycles. The van der Waals surface area contributed by atoms with Crippen LogP contribution >= 0.6 is 0 Å². The van der Waals surface area contributed by atoms with Gasteiger partial charge < -0.3 is 4.90 Å². The molecular formula is C23H29N5O. The van der Waals surface area contributed by atoms with E-state index < -0.39 is 0 Å². The van der Waals surface area contributed by atoms with Crippen molar-refractivity contribution >= 4 is 16.9 Å². The molecule has 0 atom stereocenters. The number of aryl methyl sites for hydroxylation is 2. The predicted octanol–water partition coefficient (Wildman–Crippen LogP) is 3.59. The van der Waals surface area contributed by atoms with E-state index in [9.17, 15) is 4.79 Å². The summed E-state index contributed by atoms with van der Waals surface area (Å²) < 4.78 is 1.90. The molecule has 3 heterocycles. The second-order valence-electron chi connectivity index (χ2n) is 8.21. The monoisotopic (exact) mass is 391 g/mol. The lowest BCUT2D eigenvalue weighted by Crippen LogP contribution is -2.48. The number of hydrogen-bond acceptors (Lipinski definition) is 4. The molecule has 6 heteroatoms. The van der Waals surface area contributed by atoms with Gasteiger partial charge in [-0.15, -0.1) is 0 Å². The number of amides is 1. The second-order valence-corrected chi connectivity index (χ2v) is 8.21. The number of pyridine rings is 1. The van der Waals surface area contributed by atoms with E-state index in [-0.39, 0.29) is 11.9 Å². The van der Waals surface area contributed by atoms with Gasteiger partial charge in [0, 0.05) is 44.2 Å². The number of piperazine rings is 1. The highest BCUT2D eigenvalue weighted by Gasteiger charge is 2.24. The molecule has 0 bridgehead atoms. The van der Waals surface area contributed by atoms with E-state index in [0.717, 1.165) is 49.5 Å². The molecule has 0 radical (unpaired) electrons. The third-order valence-corrected chi connectivity index (χ3v) is 5.79. The number of carbonyl (C=O) groups excluding carboxylic acids is 1. The molecule has 1 amide bonds. The average Bonchev–Trinajstić information content (AvgIpc) is 3.12. The van der Waals surface area contributed by atoms with Gasteiger partial charge in [-0.1, -0.05) is 24.3 Å². The molecule has 152 valence electrons. The zero-order chi connectivity index (χ0) is 20.5. The fourth-order valence-electron chi connectivity index (χ4n) is 3.97. The van der Waals surface area contributed by atoms with Crippen LogP contribution in [0.25, 0.3) is 11.0 Å². The SMILES string of the molecule is Cc1ccccc1CN1CCN(C(=O)c2cc3cnn(C(C)C)c3nc2C)CC1. The summed E-state index contributed by atoms with van der Waals surface area (Å²) in [5.41, 5.74) is 4.99. The zero-order valence-corrected chi connectivity index (χ0v) is 17.7. The van der Waals surface area contributed by atoms with Gasteiger partial charge in [0.05, 0.1) is 17.5 Å². The van der Waals surface area contributed by atoms with E-state index in [1.54, 1.807) is 6.20 Å². The standard InChI is InChI=1S/C23H29N5O/c1-16(2)28-22-20(14-24-28)13-21(18(4)25-22)23(29)27-11-9-26(10-12-27)15-19-8-6-5-7-17(19)3/h5-8,13-14,16H,9-12,15H2,1-4H3. The summed E-state index contributed by atoms with van der Waals surface area (Å²) in [6, 6.07) is 10.7. The summed E-state index contributed by atoms with van der Waals surface area (Å²) in [7, 11) is 0. The van der Waals surface area contributed by atoms with Crippen molar-refractivity contribution in [3.63, 3.8) is 0 Å². The van der Waals surface area contributed by atoms with Crippen LogP contribution in [0.15, 0.2) is 36.5 Å². The number of carbonyl (C=O) groups is 1. The Morgan fingerprint density at radius 3 is 2.52 bits per heavy atom. The van der Waals surface area contributed by atoms with Crippen LogP contribution in [-0.4, -0.2) is 56.7 Å². The van der Waals surface area contributed by atoms with Crippen molar-refractivity contribution in [1.29, 1.82) is 0 Å². The van der Waals surface area contributed by atoms with E-state index in [1.165, 1.54) is 11.1 Å². The first kappa shape index (κ1) is 19.6. The third kappa shape index (κ3) is 3.90. The topological polar surface area (TPSA) is 54.3 Å². The van der Waals surface area contributed by atoms with Crippen molar-refractivity contribution in [1.82, 2.24) is 24.6 Å². The maximum Gasteiger partial charge on any atom is 0.255 e. The summed E-state index contributed by atoms with van der Waals surface area (Å²) in [4.78, 5) is 22.2. The highest BCUT2D eigenvalue weighted by atomic mass is 16.2. The highest BCUT2D eigenvalue weighted by Crippen LogP contribution is 2.21. The lowest BCUT2D eigenvalue weighted by molar-refractivity contribution is 0.0627. The normalized spacial score (nSPS) is 15.4. The van der Waals surface area contributed by atoms with Crippen molar-refractivity contribution in [2.75, 3.05) is 26.2 Å². The molecule has 1 aliphatic heterocycles. The van der Waals surface area contributed by atoms with E-state index >= 15 is 0 Å². The van der Waals surface area contributed by atoms with Crippen molar-refractivity contribution in [3.05, 3.63) is 58.9 Å². The van der Waals surface area contributed by atoms with E-state index in [4.69, 9.17) is 4.98 Å². The summed E-state index contributed by atoms with van der Waals surface area (Å²) in [5, 5.41) is 5.35. The fourth-order valence-corrected chi connectivity index (χ4v) is 3.97. The number of nitrogens with zero attached hydrogens (tertiary/aromatic N) is 5. The lowest BCUT2D eigenvalue weighted by atomic mass is 10.1. The van der Waals surface area contributed by atoms with Crippen LogP contribution < -0.4 is 0 Å². The Labute approximate surface area is 172 Å². The van der Waals surface area contributed by atoms with E-state index in [0.29, 0.717) is 5.56 Å². The molecule has 4 rings (SSSR count). The Hall–Kier alpha value is -2.73. The van der Waals surface area contributed by atoms with Crippen LogP contribution in [-0.2, 0) is 6.54 Å². The molecule has 1 saturated heterocycles. The average molecular weight is 392 g/mol. The van der Waals surface area contributed by atoms with Gasteiger partial charge in [0.15, 0.2) is 5.65 Å². The van der Waals surface area contributed by atoms with Crippen molar-refractivity contribution in [3.8, 4) is 0 Å². The molecular weight excluding hydrogens is 362 g/mol. The maximum atomic E-state index is 13.2. The van der Waals surface area contributed by atoms with Crippen LogP contribution in [0, 0.1) is 13.8 Å². The third-order valence-electron chi connectivity index (χ3n) is 5.79. The van der Waals surface area contributed by atoms with Gasteiger partial charge in [0.2, 0.25) is 0 Å². The van der Waals surface area contributed by atoms with Crippen LogP contribution in [0.5, 0.6) is 0 Å². The van der Waals surface area contributed by atoms with Crippen LogP contribution in [0.3, 0.4) is 0 Å². The first-order valence-electron chi connectivity index (χ1n) is 10.3. The molecule has 0 N–H and O–H groups in total. The lowest BCUT2D eigenvalue weighted by Gasteiger charge is -2.35. The highest BCUT2D eigenvalue weighted by molar-refractivity contribution is 5.98. The Balaban J connectivity index is 1.46. The Kier molecular flexibility index (Phi) is 5.37. The van der Waals surface area contributed by atoms with E-state index in [2.05, 4.69) is 55.0 Å². The molecule has 3 aromatic rings. The van der Waals surface area contributed by atoms with E-state index in [1.807, 2.05) is 22.6 Å². The number of benzene rings is 1. The van der Waals surface area contributed by atoms with Gasteiger partial charge in [-0.05, 0) is 44.9 Å². The van der Waals surface area contributed by atoms with Gasteiger partial charge in [0.25, 0.3) is 5.91 Å². The summed E-state index contributed by atoms with van der Waals surface area (Å²) in [6.45, 7) is 12.4. The fraction of sp³-hybridized carbons (Fsp3) is 0.435. The molecule has 0 spiro atoms. The zero-order valence-electron chi connectivity index (χ0n) is 17.7. The number of fused-ring (bicyclic) bond motifs is 1. The van der Waals surface area contributed by atoms with Crippen molar-refractivity contribution in [2.24, 2.45) is 0 Å². The number of hydrogen-bond donors (Lipinski definition) is 0. The molecule has 29 heavy (non-hydrogen) atoms. The minimum atomic E-state index is 0.0738. The molecule has 1 aliphatic rings. The molecule has 0 unspecified atom stereocenters. The summed E-state index contributed by atoms with van der Waals surface area (Å²) >= 11 is 0. The first-order chi connectivity index (χ1) is 13.9. The molecule has 1 fully saturated rings. The largest absolute Gasteiger partial charge is 0.336 e. The second kappa shape index (κ2) is 7.95. The van der Waals surface area contributed by atoms with Crippen LogP contribution in [0.2, 0.25) is 0 Å². The molecule has 1 aromatic carbocycles. The van der Waals surface area contributed by atoms with Gasteiger partial charge >= 0.3 is 0 Å². The van der Waals surface area contributed by atoms with Gasteiger partial charge in [-0.25, -0.2) is 9.67 Å². The van der Waals surface area contributed by atoms with Crippen LogP contribution in [0.4, 0.5) is 0 Å². The number of aromatic nitrogens is 3. The van der Waals surface area contributed by atoms with Crippen LogP contribution in [0.1, 0.15) is 47.1 Å². The first-order valence-corrected chi connectivity index (χ1v) is 10.3. The Morgan fingerprint density at radius 2 is 1.83 bits per heavy atom. The summed E-state index contributed by atoms with van der Waals surface area (Å²) in [6.07, 6.45) is 1.80. The van der Waals surface area contributed by atoms with Gasteiger partial charge in [-0.2, -0.15) is 5.10 Å². The maximum absolute atomic E-state index is 13.2. The smallest absolute Gasteiger partial charge is 0.255 e. The summed E-state index contributed by atoms with van der Waals surface area (Å²) in [5.74, 6) is 0.0738. The molecule has 6 nitrogen and oxygen atoms in total. The van der Waals surface area contributed by atoms with Crippen molar-refractivity contribution < 1.29 is 4.79 Å². The predicted molar refractivity (Wildman–Crippen MR) is 115 cm³/mol. The molecule has 2 aromatic heterocycles. The Bertz CT molecular complexity index is 1030. The van der Waals surface area contributed by atoms with Gasteiger partial charge in [-0.3, -0.25) is 9.69 Å². The minimum absolute atomic E-state index is 0.0738. The van der Waals surface area contributed by atoms with Gasteiger partial charge in [0.1, 0.15) is 0 Å².